The molecule has 0 aromatic heterocycles. The molecule has 5 heteroatoms. The van der Waals surface area contributed by atoms with Gasteiger partial charge in [0.05, 0.1) is 6.42 Å². The zero-order valence-electron chi connectivity index (χ0n) is 11.5. The molecule has 0 aromatic rings. The Kier molecular flexibility index (Phi) is 4.59. The van der Waals surface area contributed by atoms with Gasteiger partial charge >= 0.3 is 12.1 Å². The lowest BCUT2D eigenvalue weighted by molar-refractivity contribution is -0.137. The van der Waals surface area contributed by atoms with Crippen molar-refractivity contribution in [3.63, 3.8) is 0 Å². The molecule has 0 spiro atoms. The van der Waals surface area contributed by atoms with Crippen molar-refractivity contribution >= 4 is 12.1 Å². The van der Waals surface area contributed by atoms with Crippen LogP contribution in [0.3, 0.4) is 0 Å². The van der Waals surface area contributed by atoms with Gasteiger partial charge in [0.25, 0.3) is 0 Å². The molecule has 0 heterocycles. The van der Waals surface area contributed by atoms with E-state index in [4.69, 9.17) is 9.84 Å². The number of ether oxygens (including phenoxy) is 1. The fraction of sp³-hybridized carbons (Fsp3) is 0.846. The highest BCUT2D eigenvalue weighted by atomic mass is 16.6. The van der Waals surface area contributed by atoms with Gasteiger partial charge in [0.1, 0.15) is 5.60 Å². The molecule has 1 rings (SSSR count). The lowest BCUT2D eigenvalue weighted by atomic mass is 10.2. The van der Waals surface area contributed by atoms with Crippen LogP contribution in [0.2, 0.25) is 0 Å². The summed E-state index contributed by atoms with van der Waals surface area (Å²) in [6, 6.07) is -0.0455. The number of nitrogens with one attached hydrogen (secondary N) is 1. The number of carboxylic acids is 1. The van der Waals surface area contributed by atoms with E-state index in [1.165, 1.54) is 0 Å². The second-order valence-electron chi connectivity index (χ2n) is 5.89. The topological polar surface area (TPSA) is 75.6 Å². The molecule has 0 aromatic carbocycles. The molecule has 5 nitrogen and oxygen atoms in total. The van der Waals surface area contributed by atoms with Crippen LogP contribution in [0.1, 0.15) is 47.0 Å². The van der Waals surface area contributed by atoms with Gasteiger partial charge in [-0.1, -0.05) is 13.3 Å². The van der Waals surface area contributed by atoms with Crippen molar-refractivity contribution in [3.8, 4) is 0 Å². The molecular formula is C13H23NO4. The first kappa shape index (κ1) is 14.8. The fourth-order valence-corrected chi connectivity index (χ4v) is 2.31. The minimum atomic E-state index is -0.811. The van der Waals surface area contributed by atoms with Crippen molar-refractivity contribution in [2.45, 2.75) is 58.6 Å². The van der Waals surface area contributed by atoms with Crippen molar-refractivity contribution < 1.29 is 19.4 Å². The van der Waals surface area contributed by atoms with Crippen molar-refractivity contribution in [2.24, 2.45) is 11.8 Å². The maximum absolute atomic E-state index is 11.6. The maximum atomic E-state index is 11.6. The first-order chi connectivity index (χ1) is 8.24. The molecule has 1 aliphatic rings. The number of hydrogen-bond acceptors (Lipinski definition) is 3. The van der Waals surface area contributed by atoms with E-state index in [1.54, 1.807) is 20.8 Å². The third kappa shape index (κ3) is 4.55. The third-order valence-corrected chi connectivity index (χ3v) is 3.05. The summed E-state index contributed by atoms with van der Waals surface area (Å²) in [5, 5.41) is 11.6. The molecule has 0 saturated heterocycles. The Hall–Kier alpha value is -1.26. The van der Waals surface area contributed by atoms with Crippen molar-refractivity contribution in [2.75, 3.05) is 0 Å². The van der Waals surface area contributed by atoms with E-state index < -0.39 is 17.7 Å². The second-order valence-corrected chi connectivity index (χ2v) is 5.89. The smallest absolute Gasteiger partial charge is 0.407 e. The molecule has 0 unspecified atom stereocenters. The molecule has 0 radical (unpaired) electrons. The Morgan fingerprint density at radius 1 is 1.28 bits per heavy atom. The van der Waals surface area contributed by atoms with Crippen LogP contribution in [0.25, 0.3) is 0 Å². The molecule has 0 bridgehead atoms. The van der Waals surface area contributed by atoms with Gasteiger partial charge in [0.15, 0.2) is 0 Å². The van der Waals surface area contributed by atoms with E-state index in [1.807, 2.05) is 0 Å². The van der Waals surface area contributed by atoms with Gasteiger partial charge in [0.2, 0.25) is 0 Å². The normalized spacial score (nSPS) is 26.6. The van der Waals surface area contributed by atoms with Gasteiger partial charge in [-0.25, -0.2) is 4.79 Å². The molecule has 104 valence electrons. The van der Waals surface area contributed by atoms with Crippen LogP contribution in [0, 0.1) is 11.8 Å². The van der Waals surface area contributed by atoms with Gasteiger partial charge < -0.3 is 15.2 Å². The Morgan fingerprint density at radius 2 is 1.89 bits per heavy atom. The van der Waals surface area contributed by atoms with E-state index in [9.17, 15) is 9.59 Å². The molecular weight excluding hydrogens is 234 g/mol. The number of hydrogen-bond donors (Lipinski definition) is 2. The van der Waals surface area contributed by atoms with Crippen molar-refractivity contribution in [1.82, 2.24) is 5.32 Å². The van der Waals surface area contributed by atoms with E-state index in [0.29, 0.717) is 0 Å². The highest BCUT2D eigenvalue weighted by Gasteiger charge is 2.51. The molecule has 3 atom stereocenters. The van der Waals surface area contributed by atoms with E-state index in [0.717, 1.165) is 12.8 Å². The van der Waals surface area contributed by atoms with Crippen LogP contribution in [0.4, 0.5) is 4.79 Å². The first-order valence-corrected chi connectivity index (χ1v) is 6.46. The largest absolute Gasteiger partial charge is 0.481 e. The van der Waals surface area contributed by atoms with E-state index in [-0.39, 0.29) is 24.3 Å². The number of amides is 1. The quantitative estimate of drug-likeness (QED) is 0.793. The van der Waals surface area contributed by atoms with Crippen LogP contribution in [-0.2, 0) is 9.53 Å². The van der Waals surface area contributed by atoms with E-state index in [2.05, 4.69) is 12.2 Å². The summed E-state index contributed by atoms with van der Waals surface area (Å²) in [7, 11) is 0. The second kappa shape index (κ2) is 5.59. The Morgan fingerprint density at radius 3 is 2.33 bits per heavy atom. The van der Waals surface area contributed by atoms with Crippen LogP contribution in [0.5, 0.6) is 0 Å². The maximum Gasteiger partial charge on any atom is 0.407 e. The summed E-state index contributed by atoms with van der Waals surface area (Å²) < 4.78 is 5.17. The van der Waals surface area contributed by atoms with Crippen molar-refractivity contribution in [3.05, 3.63) is 0 Å². The van der Waals surface area contributed by atoms with Crippen LogP contribution in [0.15, 0.2) is 0 Å². The summed E-state index contributed by atoms with van der Waals surface area (Å²) >= 11 is 0. The number of carbonyl (C=O) groups is 2. The Balaban J connectivity index is 2.45. The lowest BCUT2D eigenvalue weighted by Crippen LogP contribution is -2.35. The summed E-state index contributed by atoms with van der Waals surface area (Å²) in [6.45, 7) is 7.47. The van der Waals surface area contributed by atoms with Gasteiger partial charge in [0, 0.05) is 6.04 Å². The zero-order chi connectivity index (χ0) is 13.9. The van der Waals surface area contributed by atoms with Gasteiger partial charge in [-0.3, -0.25) is 4.79 Å². The number of rotatable bonds is 5. The number of carboxylic acid groups (broad SMARTS) is 1. The van der Waals surface area contributed by atoms with Gasteiger partial charge in [-0.15, -0.1) is 0 Å². The summed E-state index contributed by atoms with van der Waals surface area (Å²) in [5.41, 5.74) is -0.526. The fourth-order valence-electron chi connectivity index (χ4n) is 2.31. The Labute approximate surface area is 108 Å². The first-order valence-electron chi connectivity index (χ1n) is 6.46. The summed E-state index contributed by atoms with van der Waals surface area (Å²) in [6.07, 6.45) is 1.60. The monoisotopic (exact) mass is 257 g/mol. The summed E-state index contributed by atoms with van der Waals surface area (Å²) in [5.74, 6) is -0.483. The summed E-state index contributed by atoms with van der Waals surface area (Å²) in [4.78, 5) is 22.3. The Bertz CT molecular complexity index is 321. The van der Waals surface area contributed by atoms with Gasteiger partial charge in [-0.2, -0.15) is 0 Å². The highest BCUT2D eigenvalue weighted by Crippen LogP contribution is 2.45. The zero-order valence-corrected chi connectivity index (χ0v) is 11.5. The molecule has 1 saturated carbocycles. The number of carbonyl (C=O) groups excluding carboxylic acids is 1. The van der Waals surface area contributed by atoms with E-state index >= 15 is 0 Å². The van der Waals surface area contributed by atoms with Crippen LogP contribution in [-0.4, -0.2) is 28.8 Å². The molecule has 18 heavy (non-hydrogen) atoms. The molecule has 0 aliphatic heterocycles. The van der Waals surface area contributed by atoms with Crippen LogP contribution < -0.4 is 5.32 Å². The lowest BCUT2D eigenvalue weighted by Gasteiger charge is -2.19. The predicted octanol–water partition coefficient (Wildman–Crippen LogP) is 2.40. The average molecular weight is 257 g/mol. The SMILES string of the molecule is CCC[C@H]1[C@H](CC(=O)O)[C@H]1NC(=O)OC(C)(C)C. The standard InChI is InChI=1S/C13H23NO4/c1-5-6-8-9(7-10(15)16)11(8)14-12(17)18-13(2,3)4/h8-9,11H,5-7H2,1-4H3,(H,14,17)(H,15,16)/t8-,9-,11-/m0/s1. The van der Waals surface area contributed by atoms with Crippen LogP contribution >= 0.6 is 0 Å². The average Bonchev–Trinajstić information content (AvgIpc) is 2.74. The highest BCUT2D eigenvalue weighted by molar-refractivity contribution is 5.70. The third-order valence-electron chi connectivity index (χ3n) is 3.05. The predicted molar refractivity (Wildman–Crippen MR) is 67.3 cm³/mol. The molecule has 1 aliphatic carbocycles. The van der Waals surface area contributed by atoms with Gasteiger partial charge in [-0.05, 0) is 39.0 Å². The number of alkyl carbamates (subject to hydrolysis) is 1. The number of aliphatic carboxylic acids is 1. The minimum absolute atomic E-state index is 0.0455. The molecule has 1 fully saturated rings. The minimum Gasteiger partial charge on any atom is -0.481 e. The molecule has 1 amide bonds. The van der Waals surface area contributed by atoms with Crippen molar-refractivity contribution in [1.29, 1.82) is 0 Å². The molecule has 2 N–H and O–H groups in total.